The molecule has 0 bridgehead atoms. The summed E-state index contributed by atoms with van der Waals surface area (Å²) in [6.45, 7) is 2.97. The predicted octanol–water partition coefficient (Wildman–Crippen LogP) is 2.16. The molecule has 0 aliphatic carbocycles. The lowest BCUT2D eigenvalue weighted by Gasteiger charge is -2.31. The first kappa shape index (κ1) is 11.3. The fourth-order valence-electron chi connectivity index (χ4n) is 1.94. The molecule has 0 N–H and O–H groups in total. The molecule has 1 unspecified atom stereocenters. The molecule has 6 heteroatoms. The van der Waals surface area contributed by atoms with Gasteiger partial charge in [0.1, 0.15) is 0 Å². The van der Waals surface area contributed by atoms with Crippen LogP contribution in [-0.2, 0) is 4.74 Å². The summed E-state index contributed by atoms with van der Waals surface area (Å²) in [6.07, 6.45) is 2.47. The van der Waals surface area contributed by atoms with Crippen molar-refractivity contribution in [1.82, 2.24) is 10.2 Å². The number of hydrogen-bond donors (Lipinski definition) is 0. The molecule has 15 heavy (non-hydrogen) atoms. The normalized spacial score (nSPS) is 22.0. The number of halogens is 1. The van der Waals surface area contributed by atoms with Crippen LogP contribution in [0.25, 0.3) is 0 Å². The molecule has 2 rings (SSSR count). The van der Waals surface area contributed by atoms with E-state index in [0.29, 0.717) is 5.92 Å². The average molecular weight is 292 g/mol. The van der Waals surface area contributed by atoms with Crippen molar-refractivity contribution in [1.29, 1.82) is 0 Å². The zero-order valence-corrected chi connectivity index (χ0v) is 11.1. The molecular formula is C9H14BrN3OS. The Kier molecular flexibility index (Phi) is 3.93. The summed E-state index contributed by atoms with van der Waals surface area (Å²) in [5, 5.41) is 9.13. The van der Waals surface area contributed by atoms with E-state index in [0.717, 1.165) is 28.7 Å². The molecule has 0 spiro atoms. The van der Waals surface area contributed by atoms with Gasteiger partial charge in [0.05, 0.1) is 6.61 Å². The van der Waals surface area contributed by atoms with Gasteiger partial charge in [-0.15, -0.1) is 10.2 Å². The maximum absolute atomic E-state index is 5.20. The van der Waals surface area contributed by atoms with Gasteiger partial charge in [0.2, 0.25) is 5.13 Å². The quantitative estimate of drug-likeness (QED) is 0.855. The van der Waals surface area contributed by atoms with E-state index in [1.54, 1.807) is 18.4 Å². The van der Waals surface area contributed by atoms with Gasteiger partial charge in [0.25, 0.3) is 0 Å². The second-order valence-electron chi connectivity index (χ2n) is 3.75. The number of hydrogen-bond acceptors (Lipinski definition) is 5. The number of methoxy groups -OCH3 is 1. The van der Waals surface area contributed by atoms with Crippen LogP contribution in [0.4, 0.5) is 5.13 Å². The van der Waals surface area contributed by atoms with E-state index in [2.05, 4.69) is 31.0 Å². The minimum absolute atomic E-state index is 0.631. The van der Waals surface area contributed by atoms with Crippen LogP contribution in [0.3, 0.4) is 0 Å². The predicted molar refractivity (Wildman–Crippen MR) is 64.4 cm³/mol. The first-order valence-electron chi connectivity index (χ1n) is 5.02. The van der Waals surface area contributed by atoms with Gasteiger partial charge in [-0.1, -0.05) is 11.3 Å². The van der Waals surface area contributed by atoms with E-state index in [1.807, 2.05) is 0 Å². The van der Waals surface area contributed by atoms with Gasteiger partial charge in [0, 0.05) is 20.2 Å². The molecule has 0 aromatic carbocycles. The Labute approximate surface area is 102 Å². The van der Waals surface area contributed by atoms with Crippen molar-refractivity contribution in [3.8, 4) is 0 Å². The van der Waals surface area contributed by atoms with Crippen LogP contribution in [-0.4, -0.2) is 37.0 Å². The third-order valence-corrected chi connectivity index (χ3v) is 4.00. The van der Waals surface area contributed by atoms with Crippen LogP contribution in [0, 0.1) is 5.92 Å². The largest absolute Gasteiger partial charge is 0.384 e. The van der Waals surface area contributed by atoms with E-state index in [1.165, 1.54) is 12.8 Å². The van der Waals surface area contributed by atoms with Gasteiger partial charge in [-0.2, -0.15) is 0 Å². The summed E-state index contributed by atoms with van der Waals surface area (Å²) >= 11 is 4.93. The van der Waals surface area contributed by atoms with Crippen LogP contribution in [0.5, 0.6) is 0 Å². The molecule has 1 aromatic rings. The second kappa shape index (κ2) is 5.23. The highest BCUT2D eigenvalue weighted by Gasteiger charge is 2.22. The van der Waals surface area contributed by atoms with Crippen LogP contribution >= 0.6 is 27.3 Å². The highest BCUT2D eigenvalue weighted by Crippen LogP contribution is 2.28. The maximum Gasteiger partial charge on any atom is 0.209 e. The minimum atomic E-state index is 0.631. The van der Waals surface area contributed by atoms with Crippen LogP contribution in [0.2, 0.25) is 0 Å². The zero-order chi connectivity index (χ0) is 10.7. The first-order chi connectivity index (χ1) is 7.29. The monoisotopic (exact) mass is 291 g/mol. The third kappa shape index (κ3) is 2.89. The molecule has 1 aliphatic heterocycles. The third-order valence-electron chi connectivity index (χ3n) is 2.58. The number of aromatic nitrogens is 2. The van der Waals surface area contributed by atoms with Crippen LogP contribution in [0.1, 0.15) is 12.8 Å². The first-order valence-corrected chi connectivity index (χ1v) is 6.63. The number of rotatable bonds is 3. The molecular weight excluding hydrogens is 278 g/mol. The lowest BCUT2D eigenvalue weighted by atomic mass is 9.99. The molecule has 84 valence electrons. The van der Waals surface area contributed by atoms with Crippen LogP contribution < -0.4 is 4.90 Å². The zero-order valence-electron chi connectivity index (χ0n) is 8.65. The van der Waals surface area contributed by atoms with E-state index in [4.69, 9.17) is 4.74 Å². The molecule has 1 aromatic heterocycles. The van der Waals surface area contributed by atoms with Gasteiger partial charge in [-0.3, -0.25) is 0 Å². The summed E-state index contributed by atoms with van der Waals surface area (Å²) < 4.78 is 6.06. The molecule has 0 radical (unpaired) electrons. The Morgan fingerprint density at radius 3 is 3.13 bits per heavy atom. The second-order valence-corrected chi connectivity index (χ2v) is 5.98. The summed E-state index contributed by atoms with van der Waals surface area (Å²) in [7, 11) is 1.76. The number of nitrogens with zero attached hydrogens (tertiary/aromatic N) is 3. The Morgan fingerprint density at radius 1 is 1.60 bits per heavy atom. The lowest BCUT2D eigenvalue weighted by Crippen LogP contribution is -2.37. The van der Waals surface area contributed by atoms with Crippen molar-refractivity contribution in [2.45, 2.75) is 12.8 Å². The van der Waals surface area contributed by atoms with Crippen molar-refractivity contribution in [3.63, 3.8) is 0 Å². The van der Waals surface area contributed by atoms with Gasteiger partial charge in [-0.25, -0.2) is 0 Å². The standard InChI is InChI=1S/C9H14BrN3OS/c1-14-6-7-3-2-4-13(5-7)9-12-11-8(10)15-9/h7H,2-6H2,1H3. The van der Waals surface area contributed by atoms with E-state index < -0.39 is 0 Å². The summed E-state index contributed by atoms with van der Waals surface area (Å²) in [5.41, 5.74) is 0. The fourth-order valence-corrected chi connectivity index (χ4v) is 3.06. The Hall–Kier alpha value is -0.200. The van der Waals surface area contributed by atoms with E-state index in [-0.39, 0.29) is 0 Å². The van der Waals surface area contributed by atoms with Crippen LogP contribution in [0.15, 0.2) is 3.92 Å². The highest BCUT2D eigenvalue weighted by molar-refractivity contribution is 9.11. The number of piperidine rings is 1. The molecule has 0 amide bonds. The molecule has 4 nitrogen and oxygen atoms in total. The fraction of sp³-hybridized carbons (Fsp3) is 0.778. The topological polar surface area (TPSA) is 38.2 Å². The lowest BCUT2D eigenvalue weighted by molar-refractivity contribution is 0.143. The molecule has 1 aliphatic rings. The van der Waals surface area contributed by atoms with Gasteiger partial charge in [-0.05, 0) is 34.7 Å². The van der Waals surface area contributed by atoms with Crippen molar-refractivity contribution < 1.29 is 4.74 Å². The SMILES string of the molecule is COCC1CCCN(c2nnc(Br)s2)C1. The molecule has 1 atom stereocenters. The molecule has 1 fully saturated rings. The Bertz CT molecular complexity index is 318. The van der Waals surface area contributed by atoms with Crippen molar-refractivity contribution in [2.75, 3.05) is 31.7 Å². The van der Waals surface area contributed by atoms with Crippen molar-refractivity contribution in [3.05, 3.63) is 3.92 Å². The molecule has 2 heterocycles. The smallest absolute Gasteiger partial charge is 0.209 e. The highest BCUT2D eigenvalue weighted by atomic mass is 79.9. The van der Waals surface area contributed by atoms with Gasteiger partial charge >= 0.3 is 0 Å². The number of anilines is 1. The maximum atomic E-state index is 5.20. The average Bonchev–Trinajstić information content (AvgIpc) is 2.66. The number of ether oxygens (including phenoxy) is 1. The van der Waals surface area contributed by atoms with Gasteiger partial charge in [0.15, 0.2) is 3.92 Å². The van der Waals surface area contributed by atoms with Crippen molar-refractivity contribution >= 4 is 32.4 Å². The van der Waals surface area contributed by atoms with Gasteiger partial charge < -0.3 is 9.64 Å². The summed E-state index contributed by atoms with van der Waals surface area (Å²) in [4.78, 5) is 2.30. The summed E-state index contributed by atoms with van der Waals surface area (Å²) in [5.74, 6) is 0.631. The molecule has 0 saturated carbocycles. The molecule has 1 saturated heterocycles. The Morgan fingerprint density at radius 2 is 2.47 bits per heavy atom. The Balaban J connectivity index is 1.98. The van der Waals surface area contributed by atoms with Crippen molar-refractivity contribution in [2.24, 2.45) is 5.92 Å². The van der Waals surface area contributed by atoms with E-state index in [9.17, 15) is 0 Å². The summed E-state index contributed by atoms with van der Waals surface area (Å²) in [6, 6.07) is 0. The minimum Gasteiger partial charge on any atom is -0.384 e. The van der Waals surface area contributed by atoms with E-state index >= 15 is 0 Å².